The van der Waals surface area contributed by atoms with Gasteiger partial charge in [0.25, 0.3) is 0 Å². The fourth-order valence-corrected chi connectivity index (χ4v) is 7.36. The Bertz CT molecular complexity index is 1150. The third kappa shape index (κ3) is 6.65. The van der Waals surface area contributed by atoms with Crippen LogP contribution in [0.2, 0.25) is 0 Å². The lowest BCUT2D eigenvalue weighted by molar-refractivity contribution is -0.128. The largest absolute Gasteiger partial charge is 0.446 e. The van der Waals surface area contributed by atoms with Crippen LogP contribution in [-0.2, 0) is 20.7 Å². The van der Waals surface area contributed by atoms with Crippen molar-refractivity contribution in [3.05, 3.63) is 66.0 Å². The van der Waals surface area contributed by atoms with Crippen molar-refractivity contribution in [2.45, 2.75) is 82.9 Å². The molecule has 1 aromatic carbocycles. The summed E-state index contributed by atoms with van der Waals surface area (Å²) in [7, 11) is 0. The first kappa shape index (κ1) is 28.1. The highest BCUT2D eigenvalue weighted by Gasteiger charge is 2.50. The predicted molar refractivity (Wildman–Crippen MR) is 152 cm³/mol. The number of amides is 3. The lowest BCUT2D eigenvalue weighted by Gasteiger charge is -2.53. The van der Waals surface area contributed by atoms with Crippen LogP contribution in [0.15, 0.2) is 54.9 Å². The van der Waals surface area contributed by atoms with E-state index in [4.69, 9.17) is 4.74 Å². The number of carbonyl (C=O) groups is 3. The van der Waals surface area contributed by atoms with Gasteiger partial charge in [-0.25, -0.2) is 4.79 Å². The Balaban J connectivity index is 1.28. The number of benzene rings is 1. The highest BCUT2D eigenvalue weighted by Crippen LogP contribution is 2.54. The van der Waals surface area contributed by atoms with Gasteiger partial charge in [0, 0.05) is 31.8 Å². The van der Waals surface area contributed by atoms with Crippen LogP contribution in [0.1, 0.15) is 76.0 Å². The van der Waals surface area contributed by atoms with E-state index in [-0.39, 0.29) is 30.9 Å². The van der Waals surface area contributed by atoms with Crippen molar-refractivity contribution in [2.75, 3.05) is 6.54 Å². The highest BCUT2D eigenvalue weighted by atomic mass is 16.6. The zero-order chi connectivity index (χ0) is 28.1. The number of aromatic nitrogens is 1. The van der Waals surface area contributed by atoms with Gasteiger partial charge in [-0.05, 0) is 92.4 Å². The van der Waals surface area contributed by atoms with Crippen molar-refractivity contribution < 1.29 is 19.1 Å². The number of ether oxygens (including phenoxy) is 1. The molecule has 4 aliphatic carbocycles. The molecule has 4 aliphatic rings. The highest BCUT2D eigenvalue weighted by molar-refractivity contribution is 5.90. The van der Waals surface area contributed by atoms with E-state index in [1.807, 2.05) is 49.4 Å². The van der Waals surface area contributed by atoms with Gasteiger partial charge in [0.1, 0.15) is 11.6 Å². The van der Waals surface area contributed by atoms with Crippen molar-refractivity contribution >= 4 is 17.9 Å². The number of hydrogen-bond donors (Lipinski definition) is 3. The maximum absolute atomic E-state index is 13.8. The van der Waals surface area contributed by atoms with Gasteiger partial charge >= 0.3 is 6.09 Å². The lowest BCUT2D eigenvalue weighted by Crippen LogP contribution is -2.60. The minimum Gasteiger partial charge on any atom is -0.446 e. The standard InChI is InChI=1S/C32H42N4O4/c1-3-7-28(37)35-27(24-8-5-4-6-9-24)20-34-30(38)32(2,19-21-10-12-33-13-11-21)36-31(39)40-29-25-15-22-14-23(17-25)18-26(29)16-22/h4-6,8-13,22-23,25-27,29H,3,7,14-20H2,1-2H3,(H,34,38)(H,35,37)(H,36,39). The van der Waals surface area contributed by atoms with Crippen LogP contribution in [0.25, 0.3) is 0 Å². The van der Waals surface area contributed by atoms with Gasteiger partial charge in [-0.2, -0.15) is 0 Å². The fraction of sp³-hybridized carbons (Fsp3) is 0.562. The maximum Gasteiger partial charge on any atom is 0.408 e. The summed E-state index contributed by atoms with van der Waals surface area (Å²) >= 11 is 0. The molecule has 0 spiro atoms. The average molecular weight is 547 g/mol. The molecule has 8 nitrogen and oxygen atoms in total. The summed E-state index contributed by atoms with van der Waals surface area (Å²) in [4.78, 5) is 43.6. The van der Waals surface area contributed by atoms with Crippen LogP contribution in [0.4, 0.5) is 4.79 Å². The first-order chi connectivity index (χ1) is 19.3. The molecule has 4 fully saturated rings. The van der Waals surface area contributed by atoms with Crippen molar-refractivity contribution in [3.8, 4) is 0 Å². The molecule has 0 aliphatic heterocycles. The molecular formula is C32H42N4O4. The summed E-state index contributed by atoms with van der Waals surface area (Å²) in [5.41, 5.74) is 0.509. The third-order valence-electron chi connectivity index (χ3n) is 9.05. The summed E-state index contributed by atoms with van der Waals surface area (Å²) in [6.07, 6.45) is 10.1. The molecule has 6 rings (SSSR count). The molecule has 40 heavy (non-hydrogen) atoms. The van der Waals surface area contributed by atoms with Gasteiger partial charge in [0.2, 0.25) is 11.8 Å². The number of alkyl carbamates (subject to hydrolysis) is 1. The molecule has 4 bridgehead atoms. The first-order valence-electron chi connectivity index (χ1n) is 14.8. The Kier molecular flexibility index (Phi) is 8.72. The second kappa shape index (κ2) is 12.4. The molecule has 8 heteroatoms. The number of nitrogens with one attached hydrogen (secondary N) is 3. The van der Waals surface area contributed by atoms with E-state index < -0.39 is 17.7 Å². The number of carbonyl (C=O) groups excluding carboxylic acids is 3. The molecule has 214 valence electrons. The predicted octanol–water partition coefficient (Wildman–Crippen LogP) is 4.71. The number of rotatable bonds is 11. The summed E-state index contributed by atoms with van der Waals surface area (Å²) in [5, 5.41) is 9.00. The van der Waals surface area contributed by atoms with Crippen LogP contribution in [-0.4, -0.2) is 41.1 Å². The number of nitrogens with zero attached hydrogens (tertiary/aromatic N) is 1. The Labute approximate surface area is 237 Å². The van der Waals surface area contributed by atoms with E-state index in [1.54, 1.807) is 19.3 Å². The second-order valence-corrected chi connectivity index (χ2v) is 12.3. The minimum atomic E-state index is -1.26. The van der Waals surface area contributed by atoms with E-state index >= 15 is 0 Å². The topological polar surface area (TPSA) is 109 Å². The van der Waals surface area contributed by atoms with Gasteiger partial charge < -0.3 is 20.7 Å². The lowest BCUT2D eigenvalue weighted by atomic mass is 9.55. The average Bonchev–Trinajstić information content (AvgIpc) is 2.93. The smallest absolute Gasteiger partial charge is 0.408 e. The zero-order valence-electron chi connectivity index (χ0n) is 23.6. The molecule has 3 N–H and O–H groups in total. The van der Waals surface area contributed by atoms with Crippen LogP contribution in [0.5, 0.6) is 0 Å². The first-order valence-corrected chi connectivity index (χ1v) is 14.8. The molecule has 2 unspecified atom stereocenters. The zero-order valence-corrected chi connectivity index (χ0v) is 23.6. The van der Waals surface area contributed by atoms with Crippen molar-refractivity contribution in [3.63, 3.8) is 0 Å². The minimum absolute atomic E-state index is 0.0671. The van der Waals surface area contributed by atoms with E-state index in [1.165, 1.54) is 6.42 Å². The van der Waals surface area contributed by atoms with Crippen LogP contribution in [0, 0.1) is 23.7 Å². The normalized spacial score (nSPS) is 26.8. The molecule has 3 amide bonds. The van der Waals surface area contributed by atoms with E-state index in [0.29, 0.717) is 18.3 Å². The van der Waals surface area contributed by atoms with Gasteiger partial charge in [-0.3, -0.25) is 14.6 Å². The van der Waals surface area contributed by atoms with E-state index in [9.17, 15) is 14.4 Å². The van der Waals surface area contributed by atoms with Gasteiger partial charge in [0.05, 0.1) is 6.04 Å². The summed E-state index contributed by atoms with van der Waals surface area (Å²) in [6.45, 7) is 3.88. The van der Waals surface area contributed by atoms with E-state index in [2.05, 4.69) is 20.9 Å². The van der Waals surface area contributed by atoms with Crippen LogP contribution < -0.4 is 16.0 Å². The molecule has 2 atom stereocenters. The summed E-state index contributed by atoms with van der Waals surface area (Å²) in [6, 6.07) is 12.9. The fourth-order valence-electron chi connectivity index (χ4n) is 7.36. The van der Waals surface area contributed by atoms with Crippen molar-refractivity contribution in [1.29, 1.82) is 0 Å². The SMILES string of the molecule is CCCC(=O)NC(CNC(=O)C(C)(Cc1ccncc1)NC(=O)OC1C2CC3CC(C2)CC1C3)c1ccccc1. The molecule has 1 heterocycles. The van der Waals surface area contributed by atoms with Gasteiger partial charge in [0.15, 0.2) is 0 Å². The van der Waals surface area contributed by atoms with Gasteiger partial charge in [-0.1, -0.05) is 37.3 Å². The summed E-state index contributed by atoms with van der Waals surface area (Å²) in [5.74, 6) is 2.02. The monoisotopic (exact) mass is 546 g/mol. The molecule has 2 aromatic rings. The molecule has 0 radical (unpaired) electrons. The number of pyridine rings is 1. The number of hydrogen-bond acceptors (Lipinski definition) is 5. The summed E-state index contributed by atoms with van der Waals surface area (Å²) < 4.78 is 6.09. The quantitative estimate of drug-likeness (QED) is 0.378. The maximum atomic E-state index is 13.8. The van der Waals surface area contributed by atoms with Crippen LogP contribution >= 0.6 is 0 Å². The molecule has 0 saturated heterocycles. The Hall–Kier alpha value is -3.42. The molecule has 1 aromatic heterocycles. The Morgan fingerprint density at radius 1 is 0.975 bits per heavy atom. The van der Waals surface area contributed by atoms with E-state index in [0.717, 1.165) is 55.1 Å². The van der Waals surface area contributed by atoms with Crippen molar-refractivity contribution in [2.24, 2.45) is 23.7 Å². The molecule has 4 saturated carbocycles. The van der Waals surface area contributed by atoms with Crippen molar-refractivity contribution in [1.82, 2.24) is 20.9 Å². The van der Waals surface area contributed by atoms with Gasteiger partial charge in [-0.15, -0.1) is 0 Å². The molecular weight excluding hydrogens is 504 g/mol. The Morgan fingerprint density at radius 3 is 2.25 bits per heavy atom. The van der Waals surface area contributed by atoms with Crippen LogP contribution in [0.3, 0.4) is 0 Å². The Morgan fingerprint density at radius 2 is 1.62 bits per heavy atom. The third-order valence-corrected chi connectivity index (χ3v) is 9.05. The second-order valence-electron chi connectivity index (χ2n) is 12.3.